The van der Waals surface area contributed by atoms with E-state index in [4.69, 9.17) is 23.2 Å². The van der Waals surface area contributed by atoms with Gasteiger partial charge in [-0.3, -0.25) is 10.1 Å². The van der Waals surface area contributed by atoms with Gasteiger partial charge in [0.15, 0.2) is 0 Å². The molecule has 2 heterocycles. The summed E-state index contributed by atoms with van der Waals surface area (Å²) in [5, 5.41) is 8.17. The second-order valence-corrected chi connectivity index (χ2v) is 8.44. The molecule has 1 aromatic carbocycles. The van der Waals surface area contributed by atoms with Gasteiger partial charge in [-0.15, -0.1) is 0 Å². The van der Waals surface area contributed by atoms with Gasteiger partial charge in [-0.05, 0) is 54.9 Å². The number of nitrogens with one attached hydrogen (secondary N) is 2. The Morgan fingerprint density at radius 1 is 1.32 bits per heavy atom. The minimum absolute atomic E-state index is 0.115. The molecule has 2 N–H and O–H groups in total. The van der Waals surface area contributed by atoms with Crippen LogP contribution in [0.3, 0.4) is 0 Å². The normalized spacial score (nSPS) is 28.4. The van der Waals surface area contributed by atoms with Crippen molar-refractivity contribution in [3.63, 3.8) is 0 Å². The zero-order valence-corrected chi connectivity index (χ0v) is 16.1. The van der Waals surface area contributed by atoms with Crippen molar-refractivity contribution in [2.24, 2.45) is 5.92 Å². The summed E-state index contributed by atoms with van der Waals surface area (Å²) < 4.78 is 0. The van der Waals surface area contributed by atoms with Gasteiger partial charge in [0.25, 0.3) is 0 Å². The average Bonchev–Trinajstić information content (AvgIpc) is 3.25. The monoisotopic (exact) mass is 381 g/mol. The zero-order valence-electron chi connectivity index (χ0n) is 14.6. The molecule has 0 aromatic heterocycles. The van der Waals surface area contributed by atoms with Crippen LogP contribution in [0.15, 0.2) is 12.1 Å². The van der Waals surface area contributed by atoms with Crippen LogP contribution in [0.5, 0.6) is 0 Å². The minimum atomic E-state index is 0.115. The van der Waals surface area contributed by atoms with Gasteiger partial charge in [0.1, 0.15) is 0 Å². The Bertz CT molecular complexity index is 683. The number of hydrogen-bond donors (Lipinski definition) is 2. The standard InChI is InChI=1S/C19H25Cl2N3O/c1-2-17-14-8-16(21)15(20)7-12(14)9-24(17)18(25)5-6-19(13-3-4-13)10-22-11-23-19/h7-8,13,17,22-23H,2-6,9-11H2,1H3. The Morgan fingerprint density at radius 2 is 2.08 bits per heavy atom. The van der Waals surface area contributed by atoms with Gasteiger partial charge in [0, 0.05) is 31.7 Å². The summed E-state index contributed by atoms with van der Waals surface area (Å²) in [6.45, 7) is 4.60. The third-order valence-corrected chi connectivity index (χ3v) is 6.84. The number of amides is 1. The SMILES string of the molecule is CCC1c2cc(Cl)c(Cl)cc2CN1C(=O)CCC1(C2CC2)CNCN1. The van der Waals surface area contributed by atoms with Crippen LogP contribution in [0.2, 0.25) is 10.0 Å². The maximum absolute atomic E-state index is 13.0. The van der Waals surface area contributed by atoms with Gasteiger partial charge >= 0.3 is 0 Å². The Hall–Kier alpha value is -0.810. The first kappa shape index (κ1) is 17.6. The van der Waals surface area contributed by atoms with Crippen molar-refractivity contribution >= 4 is 29.1 Å². The molecule has 4 rings (SSSR count). The smallest absolute Gasteiger partial charge is 0.223 e. The van der Waals surface area contributed by atoms with Crippen LogP contribution >= 0.6 is 23.2 Å². The molecule has 0 spiro atoms. The van der Waals surface area contributed by atoms with E-state index in [2.05, 4.69) is 17.6 Å². The first-order chi connectivity index (χ1) is 12.0. The zero-order chi connectivity index (χ0) is 17.6. The number of halogens is 2. The first-order valence-electron chi connectivity index (χ1n) is 9.27. The number of rotatable bonds is 5. The molecule has 0 radical (unpaired) electrons. The summed E-state index contributed by atoms with van der Waals surface area (Å²) in [5.41, 5.74) is 2.41. The van der Waals surface area contributed by atoms with Crippen molar-refractivity contribution in [3.8, 4) is 0 Å². The predicted molar refractivity (Wildman–Crippen MR) is 101 cm³/mol. The third-order valence-electron chi connectivity index (χ3n) is 6.11. The highest BCUT2D eigenvalue weighted by atomic mass is 35.5. The van der Waals surface area contributed by atoms with Crippen molar-refractivity contribution in [3.05, 3.63) is 33.3 Å². The fourth-order valence-electron chi connectivity index (χ4n) is 4.58. The van der Waals surface area contributed by atoms with E-state index in [1.165, 1.54) is 12.8 Å². The molecular weight excluding hydrogens is 357 g/mol. The second kappa shape index (κ2) is 6.73. The first-order valence-corrected chi connectivity index (χ1v) is 10.0. The van der Waals surface area contributed by atoms with Gasteiger partial charge in [0.05, 0.1) is 16.1 Å². The van der Waals surface area contributed by atoms with Crippen molar-refractivity contribution in [1.82, 2.24) is 15.5 Å². The van der Waals surface area contributed by atoms with Gasteiger partial charge < -0.3 is 10.2 Å². The summed E-state index contributed by atoms with van der Waals surface area (Å²) in [7, 11) is 0. The van der Waals surface area contributed by atoms with E-state index in [1.54, 1.807) is 0 Å². The van der Waals surface area contributed by atoms with Gasteiger partial charge in [-0.1, -0.05) is 30.1 Å². The van der Waals surface area contributed by atoms with E-state index in [0.717, 1.165) is 43.1 Å². The van der Waals surface area contributed by atoms with Crippen molar-refractivity contribution in [2.45, 2.75) is 57.2 Å². The minimum Gasteiger partial charge on any atom is -0.331 e. The summed E-state index contributed by atoms with van der Waals surface area (Å²) >= 11 is 12.4. The molecule has 2 unspecified atom stereocenters. The third kappa shape index (κ3) is 3.18. The summed E-state index contributed by atoms with van der Waals surface area (Å²) in [6.07, 6.45) is 4.97. The molecule has 1 aromatic rings. The van der Waals surface area contributed by atoms with Crippen LogP contribution in [0.1, 0.15) is 56.2 Å². The Labute approximate surface area is 159 Å². The number of fused-ring (bicyclic) bond motifs is 1. The number of nitrogens with zero attached hydrogens (tertiary/aromatic N) is 1. The second-order valence-electron chi connectivity index (χ2n) is 7.62. The molecule has 2 atom stereocenters. The largest absolute Gasteiger partial charge is 0.331 e. The Morgan fingerprint density at radius 3 is 2.72 bits per heavy atom. The quantitative estimate of drug-likeness (QED) is 0.813. The maximum Gasteiger partial charge on any atom is 0.223 e. The molecule has 25 heavy (non-hydrogen) atoms. The summed E-state index contributed by atoms with van der Waals surface area (Å²) in [5.74, 6) is 0.967. The Kier molecular flexibility index (Phi) is 4.74. The molecule has 136 valence electrons. The lowest BCUT2D eigenvalue weighted by atomic mass is 9.88. The fraction of sp³-hybridized carbons (Fsp3) is 0.632. The highest BCUT2D eigenvalue weighted by molar-refractivity contribution is 6.42. The molecule has 3 aliphatic rings. The molecule has 1 saturated heterocycles. The lowest BCUT2D eigenvalue weighted by Crippen LogP contribution is -2.46. The van der Waals surface area contributed by atoms with Crippen LogP contribution in [0, 0.1) is 5.92 Å². The van der Waals surface area contributed by atoms with Gasteiger partial charge in [-0.2, -0.15) is 0 Å². The van der Waals surface area contributed by atoms with Crippen molar-refractivity contribution in [2.75, 3.05) is 13.2 Å². The van der Waals surface area contributed by atoms with Gasteiger partial charge in [0.2, 0.25) is 5.91 Å². The Balaban J connectivity index is 1.47. The molecule has 1 amide bonds. The van der Waals surface area contributed by atoms with E-state index in [0.29, 0.717) is 23.0 Å². The average molecular weight is 382 g/mol. The molecule has 4 nitrogen and oxygen atoms in total. The predicted octanol–water partition coefficient (Wildman–Crippen LogP) is 3.87. The molecule has 1 saturated carbocycles. The van der Waals surface area contributed by atoms with E-state index in [9.17, 15) is 4.79 Å². The maximum atomic E-state index is 13.0. The highest BCUT2D eigenvalue weighted by Crippen LogP contribution is 2.44. The molecule has 6 heteroatoms. The van der Waals surface area contributed by atoms with E-state index < -0.39 is 0 Å². The molecular formula is C19H25Cl2N3O. The van der Waals surface area contributed by atoms with Gasteiger partial charge in [-0.25, -0.2) is 0 Å². The van der Waals surface area contributed by atoms with Crippen molar-refractivity contribution < 1.29 is 4.79 Å². The summed E-state index contributed by atoms with van der Waals surface area (Å²) in [4.78, 5) is 15.0. The number of hydrogen-bond acceptors (Lipinski definition) is 3. The van der Waals surface area contributed by atoms with Crippen LogP contribution in [0.25, 0.3) is 0 Å². The van der Waals surface area contributed by atoms with E-state index >= 15 is 0 Å². The van der Waals surface area contributed by atoms with E-state index in [1.807, 2.05) is 17.0 Å². The molecule has 0 bridgehead atoms. The molecule has 2 fully saturated rings. The number of benzene rings is 1. The van der Waals surface area contributed by atoms with Crippen LogP contribution < -0.4 is 10.6 Å². The topological polar surface area (TPSA) is 44.4 Å². The highest BCUT2D eigenvalue weighted by Gasteiger charge is 2.47. The summed E-state index contributed by atoms with van der Waals surface area (Å²) in [6, 6.07) is 3.97. The fourth-order valence-corrected chi connectivity index (χ4v) is 4.94. The number of carbonyl (C=O) groups is 1. The van der Waals surface area contributed by atoms with Crippen LogP contribution in [-0.2, 0) is 11.3 Å². The lowest BCUT2D eigenvalue weighted by molar-refractivity contribution is -0.134. The van der Waals surface area contributed by atoms with Crippen LogP contribution in [-0.4, -0.2) is 29.6 Å². The lowest BCUT2D eigenvalue weighted by Gasteiger charge is -2.31. The van der Waals surface area contributed by atoms with Crippen molar-refractivity contribution in [1.29, 1.82) is 0 Å². The molecule has 2 aliphatic heterocycles. The number of carbonyl (C=O) groups excluding carboxylic acids is 1. The molecule has 1 aliphatic carbocycles. The van der Waals surface area contributed by atoms with Crippen LogP contribution in [0.4, 0.5) is 0 Å². The van der Waals surface area contributed by atoms with E-state index in [-0.39, 0.29) is 17.5 Å².